The number of rotatable bonds is 5. The number of nitriles is 1. The van der Waals surface area contributed by atoms with Crippen LogP contribution >= 0.6 is 0 Å². The standard InChI is InChI=1S/C9H11F3N2O2/c10-9(11,12)6(3-13)4-14-7(8(15)16)5-1-2-5/h5-7,14H,1-2,4H2,(H,15,16). The second kappa shape index (κ2) is 4.70. The molecule has 0 aromatic rings. The fraction of sp³-hybridized carbons (Fsp3) is 0.778. The van der Waals surface area contributed by atoms with Crippen molar-refractivity contribution in [3.8, 4) is 6.07 Å². The van der Waals surface area contributed by atoms with E-state index in [1.807, 2.05) is 0 Å². The highest BCUT2D eigenvalue weighted by Crippen LogP contribution is 2.33. The van der Waals surface area contributed by atoms with Gasteiger partial charge < -0.3 is 10.4 Å². The highest BCUT2D eigenvalue weighted by molar-refractivity contribution is 5.74. The van der Waals surface area contributed by atoms with Gasteiger partial charge in [-0.2, -0.15) is 18.4 Å². The summed E-state index contributed by atoms with van der Waals surface area (Å²) in [6.07, 6.45) is -3.21. The molecule has 90 valence electrons. The number of hydrogen-bond donors (Lipinski definition) is 2. The maximum Gasteiger partial charge on any atom is 0.405 e. The molecule has 1 aliphatic carbocycles. The molecule has 1 aliphatic rings. The van der Waals surface area contributed by atoms with E-state index in [1.165, 1.54) is 0 Å². The second-order valence-electron chi connectivity index (χ2n) is 3.78. The predicted octanol–water partition coefficient (Wildman–Crippen LogP) is 1.14. The molecule has 16 heavy (non-hydrogen) atoms. The smallest absolute Gasteiger partial charge is 0.405 e. The highest BCUT2D eigenvalue weighted by Gasteiger charge is 2.42. The molecule has 2 unspecified atom stereocenters. The third-order valence-corrected chi connectivity index (χ3v) is 2.45. The molecule has 0 spiro atoms. The molecule has 0 saturated heterocycles. The summed E-state index contributed by atoms with van der Waals surface area (Å²) in [6, 6.07) is 0.141. The van der Waals surface area contributed by atoms with Crippen LogP contribution in [0, 0.1) is 23.2 Å². The van der Waals surface area contributed by atoms with Crippen LogP contribution in [-0.2, 0) is 4.79 Å². The maximum atomic E-state index is 12.2. The highest BCUT2D eigenvalue weighted by atomic mass is 19.4. The van der Waals surface area contributed by atoms with Crippen molar-refractivity contribution in [3.05, 3.63) is 0 Å². The number of nitrogens with zero attached hydrogens (tertiary/aromatic N) is 1. The zero-order chi connectivity index (χ0) is 12.3. The molecular weight excluding hydrogens is 225 g/mol. The topological polar surface area (TPSA) is 73.1 Å². The van der Waals surface area contributed by atoms with Crippen LogP contribution in [0.1, 0.15) is 12.8 Å². The van der Waals surface area contributed by atoms with E-state index in [2.05, 4.69) is 5.32 Å². The van der Waals surface area contributed by atoms with Gasteiger partial charge in [0.2, 0.25) is 0 Å². The van der Waals surface area contributed by atoms with Crippen LogP contribution in [0.3, 0.4) is 0 Å². The first-order valence-corrected chi connectivity index (χ1v) is 4.78. The van der Waals surface area contributed by atoms with E-state index in [0.29, 0.717) is 12.8 Å². The van der Waals surface area contributed by atoms with E-state index < -0.39 is 30.7 Å². The minimum absolute atomic E-state index is 0.106. The molecule has 2 atom stereocenters. The Bertz CT molecular complexity index is 307. The lowest BCUT2D eigenvalue weighted by atomic mass is 10.1. The zero-order valence-corrected chi connectivity index (χ0v) is 8.29. The summed E-state index contributed by atoms with van der Waals surface area (Å²) in [5.41, 5.74) is 0. The molecule has 1 saturated carbocycles. The number of nitrogens with one attached hydrogen (secondary N) is 1. The van der Waals surface area contributed by atoms with Crippen LogP contribution in [0.5, 0.6) is 0 Å². The first kappa shape index (κ1) is 12.8. The third kappa shape index (κ3) is 3.38. The molecule has 7 heteroatoms. The summed E-state index contributed by atoms with van der Waals surface area (Å²) in [6.45, 7) is -0.673. The van der Waals surface area contributed by atoms with Crippen LogP contribution in [0.25, 0.3) is 0 Å². The van der Waals surface area contributed by atoms with Crippen molar-refractivity contribution in [2.45, 2.75) is 25.1 Å². The van der Waals surface area contributed by atoms with Gasteiger partial charge in [-0.25, -0.2) is 0 Å². The van der Waals surface area contributed by atoms with Crippen molar-refractivity contribution in [2.24, 2.45) is 11.8 Å². The van der Waals surface area contributed by atoms with Gasteiger partial charge in [-0.3, -0.25) is 4.79 Å². The summed E-state index contributed by atoms with van der Waals surface area (Å²) in [7, 11) is 0. The van der Waals surface area contributed by atoms with Gasteiger partial charge in [0.25, 0.3) is 0 Å². The van der Waals surface area contributed by atoms with E-state index in [4.69, 9.17) is 10.4 Å². The molecule has 1 fully saturated rings. The van der Waals surface area contributed by atoms with Crippen LogP contribution in [0.2, 0.25) is 0 Å². The van der Waals surface area contributed by atoms with E-state index in [1.54, 1.807) is 0 Å². The van der Waals surface area contributed by atoms with E-state index >= 15 is 0 Å². The van der Waals surface area contributed by atoms with Crippen molar-refractivity contribution in [2.75, 3.05) is 6.54 Å². The van der Waals surface area contributed by atoms with Gasteiger partial charge in [-0.1, -0.05) is 0 Å². The number of hydrogen-bond acceptors (Lipinski definition) is 3. The van der Waals surface area contributed by atoms with Gasteiger partial charge in [-0.15, -0.1) is 0 Å². The molecule has 0 aromatic heterocycles. The first-order chi connectivity index (χ1) is 7.36. The average molecular weight is 236 g/mol. The Labute approximate surface area is 90.0 Å². The molecule has 0 aromatic carbocycles. The number of carbonyl (C=O) groups is 1. The van der Waals surface area contributed by atoms with Crippen LogP contribution < -0.4 is 5.32 Å². The third-order valence-electron chi connectivity index (χ3n) is 2.45. The lowest BCUT2D eigenvalue weighted by Gasteiger charge is -2.17. The zero-order valence-electron chi connectivity index (χ0n) is 8.29. The van der Waals surface area contributed by atoms with Crippen LogP contribution in [0.15, 0.2) is 0 Å². The molecule has 1 rings (SSSR count). The first-order valence-electron chi connectivity index (χ1n) is 4.78. The largest absolute Gasteiger partial charge is 0.480 e. The number of alkyl halides is 3. The molecule has 0 radical (unpaired) electrons. The molecule has 2 N–H and O–H groups in total. The van der Waals surface area contributed by atoms with Crippen molar-refractivity contribution in [1.29, 1.82) is 5.26 Å². The summed E-state index contributed by atoms with van der Waals surface area (Å²) in [5, 5.41) is 19.4. The van der Waals surface area contributed by atoms with Crippen molar-refractivity contribution >= 4 is 5.97 Å². The molecule has 4 nitrogen and oxygen atoms in total. The van der Waals surface area contributed by atoms with Gasteiger partial charge >= 0.3 is 12.1 Å². The van der Waals surface area contributed by atoms with Gasteiger partial charge in [-0.05, 0) is 18.8 Å². The molecule has 0 bridgehead atoms. The molecule has 0 aliphatic heterocycles. The Morgan fingerprint density at radius 1 is 1.56 bits per heavy atom. The minimum Gasteiger partial charge on any atom is -0.480 e. The number of aliphatic carboxylic acids is 1. The second-order valence-corrected chi connectivity index (χ2v) is 3.78. The summed E-state index contributed by atoms with van der Waals surface area (Å²) >= 11 is 0. The SMILES string of the molecule is N#CC(CNC(C(=O)O)C1CC1)C(F)(F)F. The van der Waals surface area contributed by atoms with Crippen molar-refractivity contribution < 1.29 is 23.1 Å². The fourth-order valence-electron chi connectivity index (χ4n) is 1.36. The van der Waals surface area contributed by atoms with Crippen molar-refractivity contribution in [1.82, 2.24) is 5.32 Å². The van der Waals surface area contributed by atoms with E-state index in [0.717, 1.165) is 6.07 Å². The quantitative estimate of drug-likeness (QED) is 0.750. The van der Waals surface area contributed by atoms with Crippen LogP contribution in [0.4, 0.5) is 13.2 Å². The molecule has 0 heterocycles. The normalized spacial score (nSPS) is 19.9. The Balaban J connectivity index is 2.48. The van der Waals surface area contributed by atoms with Gasteiger partial charge in [0.15, 0.2) is 5.92 Å². The summed E-state index contributed by atoms with van der Waals surface area (Å²) in [5.74, 6) is -3.43. The average Bonchev–Trinajstić information content (AvgIpc) is 2.93. The maximum absolute atomic E-state index is 12.2. The Hall–Kier alpha value is -1.29. The lowest BCUT2D eigenvalue weighted by molar-refractivity contribution is -0.159. The monoisotopic (exact) mass is 236 g/mol. The minimum atomic E-state index is -4.62. The van der Waals surface area contributed by atoms with Crippen molar-refractivity contribution in [3.63, 3.8) is 0 Å². The van der Waals surface area contributed by atoms with E-state index in [9.17, 15) is 18.0 Å². The summed E-state index contributed by atoms with van der Waals surface area (Å²) in [4.78, 5) is 10.7. The van der Waals surface area contributed by atoms with E-state index in [-0.39, 0.29) is 5.92 Å². The fourth-order valence-corrected chi connectivity index (χ4v) is 1.36. The lowest BCUT2D eigenvalue weighted by Crippen LogP contribution is -2.43. The number of carboxylic acids is 1. The number of carboxylic acid groups (broad SMARTS) is 1. The van der Waals surface area contributed by atoms with Gasteiger partial charge in [0, 0.05) is 6.54 Å². The molecular formula is C9H11F3N2O2. The number of halogens is 3. The van der Waals surface area contributed by atoms with Gasteiger partial charge in [0.1, 0.15) is 6.04 Å². The Kier molecular flexibility index (Phi) is 3.75. The van der Waals surface area contributed by atoms with Gasteiger partial charge in [0.05, 0.1) is 6.07 Å². The van der Waals surface area contributed by atoms with Crippen LogP contribution in [-0.4, -0.2) is 29.8 Å². The predicted molar refractivity (Wildman–Crippen MR) is 47.3 cm³/mol. The summed E-state index contributed by atoms with van der Waals surface area (Å²) < 4.78 is 36.5. The molecule has 0 amide bonds. The Morgan fingerprint density at radius 3 is 2.44 bits per heavy atom. The Morgan fingerprint density at radius 2 is 2.12 bits per heavy atom.